The van der Waals surface area contributed by atoms with Crippen LogP contribution in [0.5, 0.6) is 0 Å². The molecule has 2 aliphatic rings. The standard InChI is InChI=1S/C20H21F2N3O4S/c21-15-6-8-17(9-7-15)30(27,28)25-12-13-29-20(25)10-11-24(14-18(20)22)19(26)23-16-4-2-1-3-5-16/h1-9,18H,10-14H2,(H,23,26). The first kappa shape index (κ1) is 20.7. The van der Waals surface area contributed by atoms with Crippen LogP contribution in [-0.4, -0.2) is 61.8 Å². The van der Waals surface area contributed by atoms with Crippen LogP contribution in [0.4, 0.5) is 19.3 Å². The molecule has 2 aromatic carbocycles. The van der Waals surface area contributed by atoms with Gasteiger partial charge in [0.2, 0.25) is 10.0 Å². The Morgan fingerprint density at radius 3 is 2.47 bits per heavy atom. The fourth-order valence-electron chi connectivity index (χ4n) is 3.86. The maximum absolute atomic E-state index is 15.3. The Balaban J connectivity index is 1.52. The normalized spacial score (nSPS) is 24.9. The topological polar surface area (TPSA) is 79.0 Å². The number of nitrogens with zero attached hydrogens (tertiary/aromatic N) is 2. The molecule has 2 aliphatic heterocycles. The number of ether oxygens (including phenoxy) is 1. The van der Waals surface area contributed by atoms with Crippen molar-refractivity contribution in [1.82, 2.24) is 9.21 Å². The molecule has 160 valence electrons. The van der Waals surface area contributed by atoms with Crippen molar-refractivity contribution in [1.29, 1.82) is 0 Å². The summed E-state index contributed by atoms with van der Waals surface area (Å²) in [6, 6.07) is 12.7. The molecule has 7 nitrogen and oxygen atoms in total. The van der Waals surface area contributed by atoms with E-state index in [4.69, 9.17) is 4.74 Å². The highest BCUT2D eigenvalue weighted by Gasteiger charge is 2.57. The fourth-order valence-corrected chi connectivity index (χ4v) is 5.57. The van der Waals surface area contributed by atoms with E-state index in [1.807, 2.05) is 6.07 Å². The summed E-state index contributed by atoms with van der Waals surface area (Å²) in [6.45, 7) is -0.171. The average Bonchev–Trinajstić information content (AvgIpc) is 3.17. The van der Waals surface area contributed by atoms with Crippen molar-refractivity contribution in [2.45, 2.75) is 23.2 Å². The summed E-state index contributed by atoms with van der Waals surface area (Å²) in [6.07, 6.45) is -1.76. The number of hydrogen-bond donors (Lipinski definition) is 1. The first-order valence-corrected chi connectivity index (χ1v) is 10.9. The van der Waals surface area contributed by atoms with Gasteiger partial charge in [0.25, 0.3) is 0 Å². The molecule has 1 spiro atoms. The number of sulfonamides is 1. The van der Waals surface area contributed by atoms with Gasteiger partial charge in [0.1, 0.15) is 5.82 Å². The van der Waals surface area contributed by atoms with Gasteiger partial charge in [0.15, 0.2) is 11.9 Å². The molecule has 2 heterocycles. The number of likely N-dealkylation sites (tertiary alicyclic amines) is 1. The molecule has 10 heteroatoms. The molecule has 2 aromatic rings. The molecule has 2 unspecified atom stereocenters. The number of nitrogens with one attached hydrogen (secondary N) is 1. The Kier molecular flexibility index (Phi) is 5.48. The lowest BCUT2D eigenvalue weighted by Crippen LogP contribution is -2.63. The van der Waals surface area contributed by atoms with Crippen LogP contribution in [0.3, 0.4) is 0 Å². The molecule has 1 N–H and O–H groups in total. The third kappa shape index (κ3) is 3.66. The average molecular weight is 437 g/mol. The molecular formula is C20H21F2N3O4S. The number of hydrogen-bond acceptors (Lipinski definition) is 4. The van der Waals surface area contributed by atoms with Crippen molar-refractivity contribution in [3.8, 4) is 0 Å². The molecule has 2 atom stereocenters. The number of rotatable bonds is 3. The number of amides is 2. The summed E-state index contributed by atoms with van der Waals surface area (Å²) in [4.78, 5) is 13.7. The number of benzene rings is 2. The van der Waals surface area contributed by atoms with Gasteiger partial charge in [-0.15, -0.1) is 0 Å². The summed E-state index contributed by atoms with van der Waals surface area (Å²) in [7, 11) is -4.10. The van der Waals surface area contributed by atoms with E-state index < -0.39 is 33.8 Å². The van der Waals surface area contributed by atoms with Crippen molar-refractivity contribution < 1.29 is 26.7 Å². The van der Waals surface area contributed by atoms with E-state index in [9.17, 15) is 17.6 Å². The van der Waals surface area contributed by atoms with E-state index in [1.54, 1.807) is 24.3 Å². The number of carbonyl (C=O) groups is 1. The maximum atomic E-state index is 15.3. The number of carbonyl (C=O) groups excluding carboxylic acids is 1. The van der Waals surface area contributed by atoms with E-state index in [-0.39, 0.29) is 37.6 Å². The summed E-state index contributed by atoms with van der Waals surface area (Å²) < 4.78 is 61.3. The molecule has 0 bridgehead atoms. The van der Waals surface area contributed by atoms with Gasteiger partial charge in [0.05, 0.1) is 18.0 Å². The summed E-state index contributed by atoms with van der Waals surface area (Å²) >= 11 is 0. The lowest BCUT2D eigenvalue weighted by Gasteiger charge is -2.44. The minimum absolute atomic E-state index is 0.0171. The van der Waals surface area contributed by atoms with Gasteiger partial charge in [-0.3, -0.25) is 0 Å². The van der Waals surface area contributed by atoms with Crippen molar-refractivity contribution in [3.05, 3.63) is 60.4 Å². The fraction of sp³-hybridized carbons (Fsp3) is 0.350. The zero-order valence-corrected chi connectivity index (χ0v) is 16.8. The third-order valence-electron chi connectivity index (χ3n) is 5.39. The molecular weight excluding hydrogens is 416 g/mol. The number of piperidine rings is 1. The van der Waals surface area contributed by atoms with Gasteiger partial charge in [-0.1, -0.05) is 18.2 Å². The summed E-state index contributed by atoms with van der Waals surface area (Å²) in [5.74, 6) is -0.567. The van der Waals surface area contributed by atoms with Crippen LogP contribution in [0.15, 0.2) is 59.5 Å². The highest BCUT2D eigenvalue weighted by atomic mass is 32.2. The minimum Gasteiger partial charge on any atom is -0.355 e. The highest BCUT2D eigenvalue weighted by Crippen LogP contribution is 2.40. The van der Waals surface area contributed by atoms with Gasteiger partial charge < -0.3 is 15.0 Å². The predicted molar refractivity (Wildman–Crippen MR) is 106 cm³/mol. The van der Waals surface area contributed by atoms with Gasteiger partial charge in [0, 0.05) is 25.2 Å². The van der Waals surface area contributed by atoms with Crippen LogP contribution in [-0.2, 0) is 14.8 Å². The van der Waals surface area contributed by atoms with Crippen LogP contribution >= 0.6 is 0 Å². The van der Waals surface area contributed by atoms with E-state index in [1.165, 1.54) is 4.90 Å². The van der Waals surface area contributed by atoms with E-state index >= 15 is 4.39 Å². The molecule has 4 rings (SSSR count). The second kappa shape index (κ2) is 7.93. The maximum Gasteiger partial charge on any atom is 0.321 e. The van der Waals surface area contributed by atoms with Crippen molar-refractivity contribution in [2.24, 2.45) is 0 Å². The lowest BCUT2D eigenvalue weighted by atomic mass is 9.99. The summed E-state index contributed by atoms with van der Waals surface area (Å²) in [5, 5.41) is 2.70. The Labute approximate surface area is 173 Å². The molecule has 0 radical (unpaired) electrons. The van der Waals surface area contributed by atoms with Gasteiger partial charge >= 0.3 is 6.03 Å². The second-order valence-corrected chi connectivity index (χ2v) is 9.05. The zero-order chi connectivity index (χ0) is 21.4. The second-order valence-electron chi connectivity index (χ2n) is 7.18. The van der Waals surface area contributed by atoms with Crippen LogP contribution in [0.2, 0.25) is 0 Å². The first-order valence-electron chi connectivity index (χ1n) is 9.50. The van der Waals surface area contributed by atoms with Crippen LogP contribution in [0.25, 0.3) is 0 Å². The van der Waals surface area contributed by atoms with Crippen LogP contribution in [0.1, 0.15) is 6.42 Å². The van der Waals surface area contributed by atoms with Gasteiger partial charge in [-0.05, 0) is 36.4 Å². The first-order chi connectivity index (χ1) is 14.3. The van der Waals surface area contributed by atoms with E-state index in [2.05, 4.69) is 5.32 Å². The number of anilines is 1. The van der Waals surface area contributed by atoms with Crippen molar-refractivity contribution in [2.75, 3.05) is 31.6 Å². The molecule has 0 aromatic heterocycles. The Bertz CT molecular complexity index is 1020. The SMILES string of the molecule is O=C(Nc1ccccc1)N1CCC2(OCCN2S(=O)(=O)c2ccc(F)cc2)C(F)C1. The number of alkyl halides is 1. The van der Waals surface area contributed by atoms with Gasteiger partial charge in [-0.25, -0.2) is 22.0 Å². The van der Waals surface area contributed by atoms with E-state index in [0.29, 0.717) is 5.69 Å². The molecule has 2 amide bonds. The monoisotopic (exact) mass is 437 g/mol. The largest absolute Gasteiger partial charge is 0.355 e. The number of urea groups is 1. The zero-order valence-electron chi connectivity index (χ0n) is 16.0. The predicted octanol–water partition coefficient (Wildman–Crippen LogP) is 2.82. The minimum atomic E-state index is -4.10. The van der Waals surface area contributed by atoms with Crippen LogP contribution in [0, 0.1) is 5.82 Å². The molecule has 0 aliphatic carbocycles. The van der Waals surface area contributed by atoms with Crippen LogP contribution < -0.4 is 5.32 Å². The summed E-state index contributed by atoms with van der Waals surface area (Å²) in [5.41, 5.74) is -1.10. The highest BCUT2D eigenvalue weighted by molar-refractivity contribution is 7.89. The Morgan fingerprint density at radius 1 is 1.10 bits per heavy atom. The van der Waals surface area contributed by atoms with E-state index in [0.717, 1.165) is 28.6 Å². The third-order valence-corrected chi connectivity index (χ3v) is 7.33. The van der Waals surface area contributed by atoms with Crippen molar-refractivity contribution >= 4 is 21.7 Å². The smallest absolute Gasteiger partial charge is 0.321 e. The quantitative estimate of drug-likeness (QED) is 0.801. The van der Waals surface area contributed by atoms with Crippen molar-refractivity contribution in [3.63, 3.8) is 0 Å². The lowest BCUT2D eigenvalue weighted by molar-refractivity contribution is -0.134. The Morgan fingerprint density at radius 2 is 1.80 bits per heavy atom. The molecule has 2 fully saturated rings. The molecule has 30 heavy (non-hydrogen) atoms. The molecule has 0 saturated carbocycles. The number of para-hydroxylation sites is 1. The Hall–Kier alpha value is -2.56. The number of halogens is 2. The van der Waals surface area contributed by atoms with Gasteiger partial charge in [-0.2, -0.15) is 4.31 Å². The molecule has 2 saturated heterocycles.